The molecule has 1 aromatic rings. The smallest absolute Gasteiger partial charge is 0.322 e. The van der Waals surface area contributed by atoms with Crippen molar-refractivity contribution in [2.45, 2.75) is 39.7 Å². The first-order valence-corrected chi connectivity index (χ1v) is 5.67. The Balaban J connectivity index is 2.87. The standard InChI is InChI=1S/C10H17ClN4O/c1-5-10(3,4)15-8-12-7(11)13-9(14-8)16-6-2/h5-6H2,1-4H3,(H,12,13,14,15). The van der Waals surface area contributed by atoms with Gasteiger partial charge in [0.2, 0.25) is 11.2 Å². The molecule has 0 aliphatic carbocycles. The van der Waals surface area contributed by atoms with E-state index in [-0.39, 0.29) is 16.8 Å². The Morgan fingerprint density at radius 1 is 1.25 bits per heavy atom. The second kappa shape index (κ2) is 5.30. The lowest BCUT2D eigenvalue weighted by Crippen LogP contribution is -2.30. The maximum atomic E-state index is 5.78. The highest BCUT2D eigenvalue weighted by Crippen LogP contribution is 2.17. The molecule has 0 aliphatic heterocycles. The summed E-state index contributed by atoms with van der Waals surface area (Å²) in [5.74, 6) is 0.440. The first kappa shape index (κ1) is 13.0. The van der Waals surface area contributed by atoms with E-state index >= 15 is 0 Å². The summed E-state index contributed by atoms with van der Waals surface area (Å²) in [4.78, 5) is 12.0. The maximum absolute atomic E-state index is 5.78. The van der Waals surface area contributed by atoms with Gasteiger partial charge in [-0.15, -0.1) is 0 Å². The van der Waals surface area contributed by atoms with E-state index in [1.165, 1.54) is 0 Å². The molecule has 16 heavy (non-hydrogen) atoms. The second-order valence-corrected chi connectivity index (χ2v) is 4.34. The minimum Gasteiger partial charge on any atom is -0.464 e. The molecule has 0 radical (unpaired) electrons. The van der Waals surface area contributed by atoms with Crippen LogP contribution in [0.3, 0.4) is 0 Å². The summed E-state index contributed by atoms with van der Waals surface area (Å²) in [5.41, 5.74) is -0.0891. The molecule has 6 heteroatoms. The fraction of sp³-hybridized carbons (Fsp3) is 0.700. The molecule has 5 nitrogen and oxygen atoms in total. The number of hydrogen-bond acceptors (Lipinski definition) is 5. The summed E-state index contributed by atoms with van der Waals surface area (Å²) in [6, 6.07) is 0.247. The molecule has 1 aromatic heterocycles. The number of halogens is 1. The predicted molar refractivity (Wildman–Crippen MR) is 64.0 cm³/mol. The van der Waals surface area contributed by atoms with Crippen molar-refractivity contribution in [3.05, 3.63) is 5.28 Å². The number of aromatic nitrogens is 3. The Bertz CT molecular complexity index is 357. The molecule has 0 saturated heterocycles. The fourth-order valence-electron chi connectivity index (χ4n) is 0.973. The third-order valence-electron chi connectivity index (χ3n) is 2.20. The van der Waals surface area contributed by atoms with Crippen LogP contribution in [0.25, 0.3) is 0 Å². The van der Waals surface area contributed by atoms with E-state index in [9.17, 15) is 0 Å². The molecule has 0 unspecified atom stereocenters. The van der Waals surface area contributed by atoms with Gasteiger partial charge in [-0.2, -0.15) is 15.0 Å². The molecule has 0 bridgehead atoms. The molecular weight excluding hydrogens is 228 g/mol. The molecule has 0 aliphatic rings. The van der Waals surface area contributed by atoms with E-state index in [2.05, 4.69) is 41.0 Å². The van der Waals surface area contributed by atoms with Crippen LogP contribution in [0.1, 0.15) is 34.1 Å². The quantitative estimate of drug-likeness (QED) is 0.863. The largest absolute Gasteiger partial charge is 0.464 e. The fourth-order valence-corrected chi connectivity index (χ4v) is 1.12. The van der Waals surface area contributed by atoms with Gasteiger partial charge in [-0.25, -0.2) is 0 Å². The summed E-state index contributed by atoms with van der Waals surface area (Å²) in [6.45, 7) is 8.56. The lowest BCUT2D eigenvalue weighted by molar-refractivity contribution is 0.311. The lowest BCUT2D eigenvalue weighted by atomic mass is 10.0. The van der Waals surface area contributed by atoms with Crippen LogP contribution in [-0.4, -0.2) is 27.1 Å². The van der Waals surface area contributed by atoms with Crippen LogP contribution in [-0.2, 0) is 0 Å². The van der Waals surface area contributed by atoms with Crippen LogP contribution >= 0.6 is 11.6 Å². The van der Waals surface area contributed by atoms with E-state index in [1.807, 2.05) is 6.92 Å². The van der Waals surface area contributed by atoms with Gasteiger partial charge in [0.15, 0.2) is 0 Å². The van der Waals surface area contributed by atoms with Gasteiger partial charge in [0.05, 0.1) is 6.61 Å². The molecule has 1 rings (SSSR count). The van der Waals surface area contributed by atoms with E-state index in [0.29, 0.717) is 12.6 Å². The van der Waals surface area contributed by atoms with E-state index < -0.39 is 0 Å². The van der Waals surface area contributed by atoms with Gasteiger partial charge in [0.1, 0.15) is 0 Å². The molecule has 0 atom stereocenters. The number of nitrogens with one attached hydrogen (secondary N) is 1. The lowest BCUT2D eigenvalue weighted by Gasteiger charge is -2.24. The average molecular weight is 245 g/mol. The van der Waals surface area contributed by atoms with E-state index in [4.69, 9.17) is 16.3 Å². The molecule has 1 N–H and O–H groups in total. The highest BCUT2D eigenvalue weighted by Gasteiger charge is 2.17. The molecule has 0 amide bonds. The third kappa shape index (κ3) is 3.81. The van der Waals surface area contributed by atoms with Gasteiger partial charge in [0.25, 0.3) is 0 Å². The van der Waals surface area contributed by atoms with Crippen LogP contribution < -0.4 is 10.1 Å². The minimum atomic E-state index is -0.0891. The zero-order valence-corrected chi connectivity index (χ0v) is 10.8. The van der Waals surface area contributed by atoms with E-state index in [1.54, 1.807) is 0 Å². The van der Waals surface area contributed by atoms with Crippen molar-refractivity contribution in [3.63, 3.8) is 0 Å². The van der Waals surface area contributed by atoms with Crippen molar-refractivity contribution in [1.29, 1.82) is 0 Å². The third-order valence-corrected chi connectivity index (χ3v) is 2.36. The molecule has 0 fully saturated rings. The first-order valence-electron chi connectivity index (χ1n) is 5.29. The first-order chi connectivity index (χ1) is 7.46. The Kier molecular flexibility index (Phi) is 4.29. The maximum Gasteiger partial charge on any atom is 0.322 e. The zero-order valence-electron chi connectivity index (χ0n) is 10.0. The van der Waals surface area contributed by atoms with Gasteiger partial charge in [-0.3, -0.25) is 0 Å². The highest BCUT2D eigenvalue weighted by atomic mass is 35.5. The monoisotopic (exact) mass is 244 g/mol. The van der Waals surface area contributed by atoms with E-state index in [0.717, 1.165) is 6.42 Å². The van der Waals surface area contributed by atoms with Crippen molar-refractivity contribution >= 4 is 17.5 Å². The van der Waals surface area contributed by atoms with Crippen molar-refractivity contribution in [1.82, 2.24) is 15.0 Å². The summed E-state index contributed by atoms with van der Waals surface area (Å²) in [5, 5.41) is 3.31. The highest BCUT2D eigenvalue weighted by molar-refractivity contribution is 6.28. The van der Waals surface area contributed by atoms with Crippen LogP contribution in [0.5, 0.6) is 6.01 Å². The molecular formula is C10H17ClN4O. The SMILES string of the molecule is CCOc1nc(Cl)nc(NC(C)(C)CC)n1. The predicted octanol–water partition coefficient (Wildman–Crippen LogP) is 2.52. The van der Waals surface area contributed by atoms with Crippen LogP contribution in [0.4, 0.5) is 5.95 Å². The summed E-state index contributed by atoms with van der Waals surface area (Å²) in [6.07, 6.45) is 0.945. The Labute approximate surface area is 101 Å². The van der Waals surface area contributed by atoms with Gasteiger partial charge in [-0.1, -0.05) is 6.92 Å². The molecule has 0 aromatic carbocycles. The van der Waals surface area contributed by atoms with Crippen molar-refractivity contribution in [3.8, 4) is 6.01 Å². The number of rotatable bonds is 5. The van der Waals surface area contributed by atoms with Gasteiger partial charge >= 0.3 is 6.01 Å². The van der Waals surface area contributed by atoms with Crippen molar-refractivity contribution < 1.29 is 4.74 Å². The average Bonchev–Trinajstić information content (AvgIpc) is 2.16. The topological polar surface area (TPSA) is 59.9 Å². The zero-order chi connectivity index (χ0) is 12.2. The van der Waals surface area contributed by atoms with Crippen molar-refractivity contribution in [2.24, 2.45) is 0 Å². The Morgan fingerprint density at radius 3 is 2.50 bits per heavy atom. The van der Waals surface area contributed by atoms with Gasteiger partial charge in [-0.05, 0) is 38.8 Å². The Morgan fingerprint density at radius 2 is 1.94 bits per heavy atom. The van der Waals surface area contributed by atoms with Crippen LogP contribution in [0.15, 0.2) is 0 Å². The minimum absolute atomic E-state index is 0.0891. The summed E-state index contributed by atoms with van der Waals surface area (Å²) in [7, 11) is 0. The summed E-state index contributed by atoms with van der Waals surface area (Å²) < 4.78 is 5.19. The van der Waals surface area contributed by atoms with Crippen LogP contribution in [0, 0.1) is 0 Å². The van der Waals surface area contributed by atoms with Gasteiger partial charge in [0, 0.05) is 5.54 Å². The molecule has 1 heterocycles. The van der Waals surface area contributed by atoms with Crippen molar-refractivity contribution in [2.75, 3.05) is 11.9 Å². The number of anilines is 1. The van der Waals surface area contributed by atoms with Gasteiger partial charge < -0.3 is 10.1 Å². The number of hydrogen-bond donors (Lipinski definition) is 1. The molecule has 90 valence electrons. The second-order valence-electron chi connectivity index (χ2n) is 4.01. The number of ether oxygens (including phenoxy) is 1. The van der Waals surface area contributed by atoms with Crippen LogP contribution in [0.2, 0.25) is 5.28 Å². The molecule has 0 spiro atoms. The molecule has 0 saturated carbocycles. The number of nitrogens with zero attached hydrogens (tertiary/aromatic N) is 3. The summed E-state index contributed by atoms with van der Waals surface area (Å²) >= 11 is 5.78. The Hall–Kier alpha value is -1.10. The normalized spacial score (nSPS) is 11.3.